The number of rotatable bonds is 2. The molecule has 0 aromatic carbocycles. The van der Waals surface area contributed by atoms with Gasteiger partial charge < -0.3 is 10.6 Å². The molecule has 2 N–H and O–H groups in total. The van der Waals surface area contributed by atoms with Gasteiger partial charge in [0.1, 0.15) is 6.04 Å². The lowest BCUT2D eigenvalue weighted by Crippen LogP contribution is -2.55. The van der Waals surface area contributed by atoms with Crippen LogP contribution in [0.15, 0.2) is 0 Å². The number of alkyl halides is 3. The lowest BCUT2D eigenvalue weighted by molar-refractivity contribution is -0.161. The first-order valence-electron chi connectivity index (χ1n) is 6.92. The smallest absolute Gasteiger partial charge is 0.352 e. The molecule has 6 heteroatoms. The van der Waals surface area contributed by atoms with Gasteiger partial charge in [-0.15, -0.1) is 0 Å². The van der Waals surface area contributed by atoms with Crippen LogP contribution in [0.4, 0.5) is 13.2 Å². The summed E-state index contributed by atoms with van der Waals surface area (Å²) < 4.78 is 37.5. The molecule has 3 nitrogen and oxygen atoms in total. The van der Waals surface area contributed by atoms with Gasteiger partial charge >= 0.3 is 6.18 Å². The van der Waals surface area contributed by atoms with Gasteiger partial charge in [0.15, 0.2) is 0 Å². The molecule has 2 unspecified atom stereocenters. The summed E-state index contributed by atoms with van der Waals surface area (Å²) in [6.07, 6.45) is 0.108. The van der Waals surface area contributed by atoms with Crippen molar-refractivity contribution in [3.63, 3.8) is 0 Å². The monoisotopic (exact) mass is 278 g/mol. The van der Waals surface area contributed by atoms with E-state index in [4.69, 9.17) is 0 Å². The molecule has 110 valence electrons. The Balaban J connectivity index is 1.81. The van der Waals surface area contributed by atoms with Gasteiger partial charge in [0.05, 0.1) is 0 Å². The van der Waals surface area contributed by atoms with Crippen molar-refractivity contribution >= 4 is 5.91 Å². The Bertz CT molecular complexity index is 329. The van der Waals surface area contributed by atoms with Crippen LogP contribution in [0.3, 0.4) is 0 Å². The fourth-order valence-corrected chi connectivity index (χ4v) is 3.00. The molecule has 0 aromatic rings. The normalized spacial score (nSPS) is 31.2. The summed E-state index contributed by atoms with van der Waals surface area (Å²) in [7, 11) is 0. The predicted octanol–water partition coefficient (Wildman–Crippen LogP) is 2.37. The Morgan fingerprint density at radius 1 is 1.26 bits per heavy atom. The molecular formula is C13H21F3N2O. The fraction of sp³-hybridized carbons (Fsp3) is 0.923. The van der Waals surface area contributed by atoms with Crippen molar-refractivity contribution in [2.75, 3.05) is 6.54 Å². The Hall–Kier alpha value is -0.780. The molecule has 2 aliphatic rings. The van der Waals surface area contributed by atoms with Gasteiger partial charge in [0.2, 0.25) is 5.91 Å². The van der Waals surface area contributed by atoms with E-state index in [2.05, 4.69) is 10.6 Å². The Morgan fingerprint density at radius 3 is 2.37 bits per heavy atom. The van der Waals surface area contributed by atoms with Crippen molar-refractivity contribution < 1.29 is 18.0 Å². The number of halogens is 3. The molecule has 1 heterocycles. The van der Waals surface area contributed by atoms with E-state index < -0.39 is 12.2 Å². The number of hydrogen-bond donors (Lipinski definition) is 2. The van der Waals surface area contributed by atoms with Crippen molar-refractivity contribution in [3.05, 3.63) is 0 Å². The summed E-state index contributed by atoms with van der Waals surface area (Å²) in [6.45, 7) is 2.15. The van der Waals surface area contributed by atoms with E-state index in [0.29, 0.717) is 6.42 Å². The van der Waals surface area contributed by atoms with Crippen LogP contribution < -0.4 is 10.6 Å². The third-order valence-corrected chi connectivity index (χ3v) is 4.40. The number of carbonyl (C=O) groups excluding carboxylic acids is 1. The maximum atomic E-state index is 12.5. The Morgan fingerprint density at radius 2 is 1.89 bits per heavy atom. The van der Waals surface area contributed by atoms with E-state index in [9.17, 15) is 18.0 Å². The molecule has 0 radical (unpaired) electrons. The summed E-state index contributed by atoms with van der Waals surface area (Å²) in [4.78, 5) is 12.2. The van der Waals surface area contributed by atoms with Crippen LogP contribution in [0.1, 0.15) is 45.4 Å². The van der Waals surface area contributed by atoms with Crippen molar-refractivity contribution in [2.24, 2.45) is 5.41 Å². The second-order valence-corrected chi connectivity index (χ2v) is 6.02. The maximum absolute atomic E-state index is 12.5. The fourth-order valence-electron chi connectivity index (χ4n) is 3.00. The summed E-state index contributed by atoms with van der Waals surface area (Å²) in [6, 6.07) is -1.61. The van der Waals surface area contributed by atoms with Crippen LogP contribution >= 0.6 is 0 Å². The largest absolute Gasteiger partial charge is 0.403 e. The minimum atomic E-state index is -4.19. The van der Waals surface area contributed by atoms with Crippen LogP contribution in [0, 0.1) is 5.41 Å². The first-order valence-corrected chi connectivity index (χ1v) is 6.92. The topological polar surface area (TPSA) is 41.1 Å². The average molecular weight is 278 g/mol. The SMILES string of the molecule is CC1(C(=O)NC2CCC(C(F)(F)F)NC2)CCCC1. The van der Waals surface area contributed by atoms with E-state index in [1.54, 1.807) is 0 Å². The van der Waals surface area contributed by atoms with Crippen molar-refractivity contribution in [1.82, 2.24) is 10.6 Å². The average Bonchev–Trinajstić information content (AvgIpc) is 2.77. The molecular weight excluding hydrogens is 257 g/mol. The molecule has 1 saturated carbocycles. The highest BCUT2D eigenvalue weighted by molar-refractivity contribution is 5.82. The number of piperidine rings is 1. The van der Waals surface area contributed by atoms with Gasteiger partial charge in [-0.2, -0.15) is 13.2 Å². The van der Waals surface area contributed by atoms with Crippen LogP contribution in [0.2, 0.25) is 0 Å². The van der Waals surface area contributed by atoms with Crippen molar-refractivity contribution in [3.8, 4) is 0 Å². The first kappa shape index (κ1) is 14.6. The van der Waals surface area contributed by atoms with E-state index in [1.165, 1.54) is 0 Å². The van der Waals surface area contributed by atoms with E-state index in [-0.39, 0.29) is 30.3 Å². The van der Waals surface area contributed by atoms with Crippen LogP contribution in [0.5, 0.6) is 0 Å². The van der Waals surface area contributed by atoms with E-state index >= 15 is 0 Å². The molecule has 0 spiro atoms. The molecule has 1 amide bonds. The number of hydrogen-bond acceptors (Lipinski definition) is 2. The van der Waals surface area contributed by atoms with E-state index in [1.807, 2.05) is 6.92 Å². The number of amides is 1. The molecule has 2 atom stereocenters. The third kappa shape index (κ3) is 3.41. The highest BCUT2D eigenvalue weighted by Gasteiger charge is 2.42. The summed E-state index contributed by atoms with van der Waals surface area (Å²) in [5, 5.41) is 5.38. The minimum absolute atomic E-state index is 0.00209. The predicted molar refractivity (Wildman–Crippen MR) is 65.6 cm³/mol. The lowest BCUT2D eigenvalue weighted by atomic mass is 9.87. The van der Waals surface area contributed by atoms with Gasteiger partial charge in [-0.25, -0.2) is 0 Å². The summed E-state index contributed by atoms with van der Waals surface area (Å²) in [5.74, 6) is 0.00209. The molecule has 19 heavy (non-hydrogen) atoms. The van der Waals surface area contributed by atoms with E-state index in [0.717, 1.165) is 25.7 Å². The summed E-state index contributed by atoms with van der Waals surface area (Å²) >= 11 is 0. The molecule has 0 bridgehead atoms. The molecule has 1 aliphatic carbocycles. The molecule has 1 saturated heterocycles. The third-order valence-electron chi connectivity index (χ3n) is 4.40. The van der Waals surface area contributed by atoms with Gasteiger partial charge in [0.25, 0.3) is 0 Å². The van der Waals surface area contributed by atoms with Gasteiger partial charge in [-0.1, -0.05) is 19.8 Å². The minimum Gasteiger partial charge on any atom is -0.352 e. The zero-order chi connectivity index (χ0) is 14.1. The second kappa shape index (κ2) is 5.31. The van der Waals surface area contributed by atoms with Gasteiger partial charge in [0, 0.05) is 18.0 Å². The number of nitrogens with one attached hydrogen (secondary N) is 2. The zero-order valence-electron chi connectivity index (χ0n) is 11.1. The zero-order valence-corrected chi connectivity index (χ0v) is 11.1. The molecule has 2 rings (SSSR count). The highest BCUT2D eigenvalue weighted by atomic mass is 19.4. The van der Waals surface area contributed by atoms with Crippen LogP contribution in [0.25, 0.3) is 0 Å². The summed E-state index contributed by atoms with van der Waals surface area (Å²) in [5.41, 5.74) is -0.319. The Kier molecular flexibility index (Phi) is 4.08. The maximum Gasteiger partial charge on any atom is 0.403 e. The quantitative estimate of drug-likeness (QED) is 0.814. The van der Waals surface area contributed by atoms with Crippen molar-refractivity contribution in [2.45, 2.75) is 63.7 Å². The molecule has 1 aliphatic heterocycles. The lowest BCUT2D eigenvalue weighted by Gasteiger charge is -2.33. The standard InChI is InChI=1S/C13H21F3N2O/c1-12(6-2-3-7-12)11(19)18-9-4-5-10(17-8-9)13(14,15)16/h9-10,17H,2-8H2,1H3,(H,18,19). The van der Waals surface area contributed by atoms with Crippen LogP contribution in [-0.4, -0.2) is 30.7 Å². The van der Waals surface area contributed by atoms with Crippen LogP contribution in [-0.2, 0) is 4.79 Å². The van der Waals surface area contributed by atoms with Gasteiger partial charge in [-0.05, 0) is 25.7 Å². The second-order valence-electron chi connectivity index (χ2n) is 6.02. The number of carbonyl (C=O) groups is 1. The first-order chi connectivity index (χ1) is 8.81. The van der Waals surface area contributed by atoms with Gasteiger partial charge in [-0.3, -0.25) is 4.79 Å². The molecule has 0 aromatic heterocycles. The highest BCUT2D eigenvalue weighted by Crippen LogP contribution is 2.37. The van der Waals surface area contributed by atoms with Crippen molar-refractivity contribution in [1.29, 1.82) is 0 Å². The molecule has 2 fully saturated rings. The Labute approximate surface area is 111 Å².